The van der Waals surface area contributed by atoms with Crippen LogP contribution in [0.1, 0.15) is 12.5 Å². The third kappa shape index (κ3) is 2.20. The van der Waals surface area contributed by atoms with E-state index in [9.17, 15) is 0 Å². The van der Waals surface area contributed by atoms with Gasteiger partial charge >= 0.3 is 0 Å². The Morgan fingerprint density at radius 1 is 1.58 bits per heavy atom. The second kappa shape index (κ2) is 4.07. The third-order valence-electron chi connectivity index (χ3n) is 1.43. The topological polar surface area (TPSA) is 35.2 Å². The second-order valence-corrected chi connectivity index (χ2v) is 2.76. The van der Waals surface area contributed by atoms with Crippen LogP contribution in [-0.2, 0) is 0 Å². The van der Waals surface area contributed by atoms with Gasteiger partial charge in [0.2, 0.25) is 0 Å². The number of hydrogen-bond donors (Lipinski definition) is 1. The Morgan fingerprint density at radius 3 is 2.92 bits per heavy atom. The first-order valence-electron chi connectivity index (χ1n) is 3.76. The molecule has 1 aromatic rings. The van der Waals surface area contributed by atoms with Gasteiger partial charge in [-0.3, -0.25) is 0 Å². The van der Waals surface area contributed by atoms with Crippen LogP contribution < -0.4 is 10.5 Å². The lowest BCUT2D eigenvalue weighted by atomic mass is 10.2. The zero-order valence-corrected chi connectivity index (χ0v) is 7.73. The summed E-state index contributed by atoms with van der Waals surface area (Å²) in [6.45, 7) is 2.59. The van der Waals surface area contributed by atoms with Crippen molar-refractivity contribution >= 4 is 17.2 Å². The highest BCUT2D eigenvalue weighted by atomic mass is 32.1. The number of ether oxygens (including phenoxy) is 1. The predicted octanol–water partition coefficient (Wildman–Crippen LogP) is 1.72. The average Bonchev–Trinajstić information content (AvgIpc) is 2.05. The fourth-order valence-electron chi connectivity index (χ4n) is 0.906. The van der Waals surface area contributed by atoms with Crippen LogP contribution in [0.4, 0.5) is 0 Å². The third-order valence-corrected chi connectivity index (χ3v) is 1.67. The maximum atomic E-state index is 5.45. The summed E-state index contributed by atoms with van der Waals surface area (Å²) in [5.41, 5.74) is 6.30. The van der Waals surface area contributed by atoms with Crippen molar-refractivity contribution in [3.05, 3.63) is 29.8 Å². The zero-order chi connectivity index (χ0) is 8.97. The molecule has 12 heavy (non-hydrogen) atoms. The van der Waals surface area contributed by atoms with Crippen LogP contribution in [-0.4, -0.2) is 11.6 Å². The molecule has 0 aliphatic rings. The van der Waals surface area contributed by atoms with Gasteiger partial charge in [0.05, 0.1) is 6.61 Å². The Bertz CT molecular complexity index is 286. The summed E-state index contributed by atoms with van der Waals surface area (Å²) in [4.78, 5) is 0.400. The number of nitrogens with two attached hydrogens (primary N) is 1. The highest BCUT2D eigenvalue weighted by Gasteiger charge is 1.97. The minimum Gasteiger partial charge on any atom is -0.494 e. The predicted molar refractivity (Wildman–Crippen MR) is 53.5 cm³/mol. The molecule has 0 saturated carbocycles. The average molecular weight is 181 g/mol. The molecule has 0 amide bonds. The van der Waals surface area contributed by atoms with Crippen molar-refractivity contribution < 1.29 is 4.74 Å². The van der Waals surface area contributed by atoms with E-state index in [1.54, 1.807) is 0 Å². The first-order valence-corrected chi connectivity index (χ1v) is 4.17. The van der Waals surface area contributed by atoms with E-state index in [2.05, 4.69) is 0 Å². The van der Waals surface area contributed by atoms with Gasteiger partial charge in [0.1, 0.15) is 10.7 Å². The summed E-state index contributed by atoms with van der Waals surface area (Å²) in [6, 6.07) is 7.46. The summed E-state index contributed by atoms with van der Waals surface area (Å²) in [5.74, 6) is 0.808. The van der Waals surface area contributed by atoms with Crippen molar-refractivity contribution in [1.29, 1.82) is 0 Å². The molecule has 0 bridgehead atoms. The van der Waals surface area contributed by atoms with Crippen molar-refractivity contribution in [2.24, 2.45) is 5.73 Å². The molecular weight excluding hydrogens is 170 g/mol. The van der Waals surface area contributed by atoms with Gasteiger partial charge in [0, 0.05) is 5.56 Å². The van der Waals surface area contributed by atoms with Crippen LogP contribution in [0.15, 0.2) is 24.3 Å². The van der Waals surface area contributed by atoms with E-state index in [-0.39, 0.29) is 0 Å². The Morgan fingerprint density at radius 2 is 2.33 bits per heavy atom. The van der Waals surface area contributed by atoms with Crippen molar-refractivity contribution in [3.8, 4) is 5.75 Å². The molecule has 2 nitrogen and oxygen atoms in total. The van der Waals surface area contributed by atoms with Gasteiger partial charge in [0.25, 0.3) is 0 Å². The van der Waals surface area contributed by atoms with Crippen LogP contribution >= 0.6 is 12.2 Å². The smallest absolute Gasteiger partial charge is 0.119 e. The molecule has 0 heterocycles. The number of rotatable bonds is 3. The minimum atomic E-state index is 0.400. The van der Waals surface area contributed by atoms with Crippen molar-refractivity contribution in [2.75, 3.05) is 6.61 Å². The summed E-state index contributed by atoms with van der Waals surface area (Å²) in [7, 11) is 0. The quantitative estimate of drug-likeness (QED) is 0.721. The maximum absolute atomic E-state index is 5.45. The van der Waals surface area contributed by atoms with Crippen LogP contribution in [0.3, 0.4) is 0 Å². The van der Waals surface area contributed by atoms with Crippen LogP contribution in [0.2, 0.25) is 0 Å². The Kier molecular flexibility index (Phi) is 3.05. The molecule has 0 spiro atoms. The minimum absolute atomic E-state index is 0.400. The molecule has 0 unspecified atom stereocenters. The molecule has 0 aliphatic carbocycles. The van der Waals surface area contributed by atoms with Gasteiger partial charge in [-0.25, -0.2) is 0 Å². The standard InChI is InChI=1S/C9H11NOS/c1-2-11-8-5-3-4-7(6-8)9(10)12/h3-6H,2H2,1H3,(H2,10,12). The molecule has 0 aliphatic heterocycles. The van der Waals surface area contributed by atoms with Gasteiger partial charge in [0.15, 0.2) is 0 Å². The SMILES string of the molecule is CCOc1cccc(C(N)=S)c1. The molecule has 0 fully saturated rings. The lowest BCUT2D eigenvalue weighted by molar-refractivity contribution is 0.340. The molecule has 1 rings (SSSR count). The van der Waals surface area contributed by atoms with E-state index >= 15 is 0 Å². The molecular formula is C9H11NOS. The van der Waals surface area contributed by atoms with Crippen molar-refractivity contribution in [1.82, 2.24) is 0 Å². The fraction of sp³-hybridized carbons (Fsp3) is 0.222. The van der Waals surface area contributed by atoms with E-state index in [1.807, 2.05) is 31.2 Å². The van der Waals surface area contributed by atoms with Gasteiger partial charge in [-0.1, -0.05) is 24.4 Å². The summed E-state index contributed by atoms with van der Waals surface area (Å²) in [5, 5.41) is 0. The van der Waals surface area contributed by atoms with E-state index < -0.39 is 0 Å². The number of benzene rings is 1. The molecule has 64 valence electrons. The Labute approximate surface area is 77.3 Å². The van der Waals surface area contributed by atoms with E-state index in [4.69, 9.17) is 22.7 Å². The molecule has 3 heteroatoms. The second-order valence-electron chi connectivity index (χ2n) is 2.33. The normalized spacial score (nSPS) is 9.42. The Balaban J connectivity index is 2.88. The van der Waals surface area contributed by atoms with Gasteiger partial charge in [-0.05, 0) is 19.1 Å². The first kappa shape index (κ1) is 9.00. The molecule has 0 aromatic heterocycles. The van der Waals surface area contributed by atoms with Gasteiger partial charge < -0.3 is 10.5 Å². The molecule has 0 atom stereocenters. The molecule has 2 N–H and O–H groups in total. The molecule has 0 saturated heterocycles. The van der Waals surface area contributed by atoms with Crippen molar-refractivity contribution in [3.63, 3.8) is 0 Å². The maximum Gasteiger partial charge on any atom is 0.119 e. The number of hydrogen-bond acceptors (Lipinski definition) is 2. The monoisotopic (exact) mass is 181 g/mol. The van der Waals surface area contributed by atoms with Crippen molar-refractivity contribution in [2.45, 2.75) is 6.92 Å². The largest absolute Gasteiger partial charge is 0.494 e. The summed E-state index contributed by atoms with van der Waals surface area (Å²) in [6.07, 6.45) is 0. The first-order chi connectivity index (χ1) is 5.74. The van der Waals surface area contributed by atoms with Crippen LogP contribution in [0.5, 0.6) is 5.75 Å². The molecule has 0 radical (unpaired) electrons. The zero-order valence-electron chi connectivity index (χ0n) is 6.91. The van der Waals surface area contributed by atoms with Gasteiger partial charge in [-0.15, -0.1) is 0 Å². The highest BCUT2D eigenvalue weighted by molar-refractivity contribution is 7.80. The Hall–Kier alpha value is -1.09. The molecule has 1 aromatic carbocycles. The number of thiocarbonyl (C=S) groups is 1. The summed E-state index contributed by atoms with van der Waals surface area (Å²) < 4.78 is 5.28. The highest BCUT2D eigenvalue weighted by Crippen LogP contribution is 2.12. The van der Waals surface area contributed by atoms with Gasteiger partial charge in [-0.2, -0.15) is 0 Å². The van der Waals surface area contributed by atoms with E-state index in [0.717, 1.165) is 11.3 Å². The van der Waals surface area contributed by atoms with Crippen LogP contribution in [0, 0.1) is 0 Å². The summed E-state index contributed by atoms with van der Waals surface area (Å²) >= 11 is 4.83. The van der Waals surface area contributed by atoms with E-state index in [0.29, 0.717) is 11.6 Å². The van der Waals surface area contributed by atoms with E-state index in [1.165, 1.54) is 0 Å². The lowest BCUT2D eigenvalue weighted by Crippen LogP contribution is -2.09. The lowest BCUT2D eigenvalue weighted by Gasteiger charge is -2.03. The fourth-order valence-corrected chi connectivity index (χ4v) is 1.03. The van der Waals surface area contributed by atoms with Crippen LogP contribution in [0.25, 0.3) is 0 Å².